The number of tetrazole rings is 1. The van der Waals surface area contributed by atoms with E-state index in [1.54, 1.807) is 16.4 Å². The molecule has 1 aromatic heterocycles. The zero-order valence-corrected chi connectivity index (χ0v) is 11.1. The van der Waals surface area contributed by atoms with Gasteiger partial charge in [-0.05, 0) is 42.3 Å². The highest BCUT2D eigenvalue weighted by Gasteiger charge is 2.08. The van der Waals surface area contributed by atoms with Crippen molar-refractivity contribution in [3.05, 3.63) is 29.8 Å². The summed E-state index contributed by atoms with van der Waals surface area (Å²) in [4.78, 5) is 0. The van der Waals surface area contributed by atoms with E-state index in [9.17, 15) is 0 Å². The fraction of sp³-hybridized carbons (Fsp3) is 0.417. The normalized spacial score (nSPS) is 10.8. The molecule has 96 valence electrons. The average molecular weight is 264 g/mol. The lowest BCUT2D eigenvalue weighted by molar-refractivity contribution is 0.287. The van der Waals surface area contributed by atoms with Crippen LogP contribution in [-0.4, -0.2) is 37.7 Å². The van der Waals surface area contributed by atoms with Gasteiger partial charge in [0.1, 0.15) is 0 Å². The molecule has 0 bridgehead atoms. The first kappa shape index (κ1) is 13.0. The lowest BCUT2D eigenvalue weighted by Crippen LogP contribution is -1.99. The van der Waals surface area contributed by atoms with E-state index >= 15 is 0 Å². The van der Waals surface area contributed by atoms with Crippen LogP contribution in [0.15, 0.2) is 29.4 Å². The molecule has 0 aliphatic carbocycles. The molecule has 5 nitrogen and oxygen atoms in total. The van der Waals surface area contributed by atoms with E-state index in [0.29, 0.717) is 0 Å². The molecule has 18 heavy (non-hydrogen) atoms. The fourth-order valence-corrected chi connectivity index (χ4v) is 2.38. The van der Waals surface area contributed by atoms with E-state index in [-0.39, 0.29) is 6.61 Å². The van der Waals surface area contributed by atoms with Crippen molar-refractivity contribution in [2.24, 2.45) is 0 Å². The molecular formula is C12H16N4OS. The largest absolute Gasteiger partial charge is 0.396 e. The number of hydrogen-bond acceptors (Lipinski definition) is 5. The van der Waals surface area contributed by atoms with E-state index in [2.05, 4.69) is 15.5 Å². The fourth-order valence-electron chi connectivity index (χ4n) is 1.49. The van der Waals surface area contributed by atoms with Gasteiger partial charge in [-0.1, -0.05) is 29.5 Å². The third-order valence-corrected chi connectivity index (χ3v) is 3.51. The van der Waals surface area contributed by atoms with Gasteiger partial charge in [0, 0.05) is 12.4 Å². The van der Waals surface area contributed by atoms with Crippen molar-refractivity contribution < 1.29 is 5.11 Å². The number of aliphatic hydroxyl groups excluding tert-OH is 1. The molecule has 0 aliphatic heterocycles. The summed E-state index contributed by atoms with van der Waals surface area (Å²) >= 11 is 1.61. The summed E-state index contributed by atoms with van der Waals surface area (Å²) in [5.41, 5.74) is 2.18. The van der Waals surface area contributed by atoms with Crippen LogP contribution in [0.1, 0.15) is 18.4 Å². The quantitative estimate of drug-likeness (QED) is 0.637. The minimum atomic E-state index is 0.240. The van der Waals surface area contributed by atoms with Crippen molar-refractivity contribution in [1.82, 2.24) is 20.2 Å². The predicted octanol–water partition coefficient (Wildman–Crippen LogP) is 1.84. The standard InChI is InChI=1S/C12H16N4OS/c1-10-4-6-11(7-5-10)16-12(13-14-15-16)18-9-3-2-8-17/h4-7,17H,2-3,8-9H2,1H3. The Bertz CT molecular complexity index is 483. The van der Waals surface area contributed by atoms with Crippen LogP contribution in [0.4, 0.5) is 0 Å². The van der Waals surface area contributed by atoms with Crippen LogP contribution in [-0.2, 0) is 0 Å². The van der Waals surface area contributed by atoms with Gasteiger partial charge in [0.2, 0.25) is 5.16 Å². The Morgan fingerprint density at radius 1 is 1.22 bits per heavy atom. The summed E-state index contributed by atoms with van der Waals surface area (Å²) in [7, 11) is 0. The maximum absolute atomic E-state index is 8.73. The van der Waals surface area contributed by atoms with Gasteiger partial charge in [0.15, 0.2) is 0 Å². The number of unbranched alkanes of at least 4 members (excludes halogenated alkanes) is 1. The van der Waals surface area contributed by atoms with Gasteiger partial charge in [-0.2, -0.15) is 4.68 Å². The molecule has 1 aromatic carbocycles. The van der Waals surface area contributed by atoms with Gasteiger partial charge >= 0.3 is 0 Å². The lowest BCUT2D eigenvalue weighted by atomic mass is 10.2. The molecule has 0 radical (unpaired) electrons. The molecule has 0 aliphatic rings. The van der Waals surface area contributed by atoms with Crippen LogP contribution in [0.25, 0.3) is 5.69 Å². The summed E-state index contributed by atoms with van der Waals surface area (Å²) in [5.74, 6) is 0.910. The molecule has 0 fully saturated rings. The molecule has 2 rings (SSSR count). The highest BCUT2D eigenvalue weighted by molar-refractivity contribution is 7.99. The first-order valence-electron chi connectivity index (χ1n) is 5.90. The number of aromatic nitrogens is 4. The zero-order valence-electron chi connectivity index (χ0n) is 10.3. The van der Waals surface area contributed by atoms with E-state index in [1.807, 2.05) is 31.2 Å². The third kappa shape index (κ3) is 3.30. The SMILES string of the molecule is Cc1ccc(-n2nnnc2SCCCCO)cc1. The van der Waals surface area contributed by atoms with Crippen LogP contribution in [0.5, 0.6) is 0 Å². The van der Waals surface area contributed by atoms with Crippen molar-refractivity contribution in [3.63, 3.8) is 0 Å². The Kier molecular flexibility index (Phi) is 4.72. The van der Waals surface area contributed by atoms with Gasteiger partial charge in [-0.3, -0.25) is 0 Å². The van der Waals surface area contributed by atoms with Gasteiger partial charge < -0.3 is 5.11 Å². The topological polar surface area (TPSA) is 63.8 Å². The average Bonchev–Trinajstić information content (AvgIpc) is 2.84. The van der Waals surface area contributed by atoms with Crippen molar-refractivity contribution in [1.29, 1.82) is 0 Å². The Labute approximate surface area is 110 Å². The Morgan fingerprint density at radius 2 is 2.00 bits per heavy atom. The molecule has 2 aromatic rings. The Hall–Kier alpha value is -1.40. The minimum absolute atomic E-state index is 0.240. The summed E-state index contributed by atoms with van der Waals surface area (Å²) in [6.07, 6.45) is 1.78. The number of thioether (sulfide) groups is 1. The van der Waals surface area contributed by atoms with Gasteiger partial charge in [0.05, 0.1) is 5.69 Å². The number of benzene rings is 1. The smallest absolute Gasteiger partial charge is 0.214 e. The summed E-state index contributed by atoms with van der Waals surface area (Å²) in [6, 6.07) is 8.08. The van der Waals surface area contributed by atoms with Crippen LogP contribution >= 0.6 is 11.8 Å². The Balaban J connectivity index is 2.05. The van der Waals surface area contributed by atoms with Crippen LogP contribution in [0, 0.1) is 6.92 Å². The highest BCUT2D eigenvalue weighted by atomic mass is 32.2. The summed E-state index contributed by atoms with van der Waals surface area (Å²) < 4.78 is 1.74. The monoisotopic (exact) mass is 264 g/mol. The van der Waals surface area contributed by atoms with Gasteiger partial charge in [0.25, 0.3) is 0 Å². The second kappa shape index (κ2) is 6.51. The van der Waals surface area contributed by atoms with E-state index in [4.69, 9.17) is 5.11 Å². The molecule has 1 heterocycles. The Morgan fingerprint density at radius 3 is 2.72 bits per heavy atom. The molecule has 6 heteroatoms. The number of hydrogen-bond donors (Lipinski definition) is 1. The van der Waals surface area contributed by atoms with Crippen molar-refractivity contribution in [2.75, 3.05) is 12.4 Å². The van der Waals surface area contributed by atoms with Crippen molar-refractivity contribution in [2.45, 2.75) is 24.9 Å². The highest BCUT2D eigenvalue weighted by Crippen LogP contribution is 2.19. The van der Waals surface area contributed by atoms with Crippen LogP contribution < -0.4 is 0 Å². The maximum Gasteiger partial charge on any atom is 0.214 e. The number of aryl methyl sites for hydroxylation is 1. The van der Waals surface area contributed by atoms with Crippen LogP contribution in [0.2, 0.25) is 0 Å². The molecule has 0 atom stereocenters. The predicted molar refractivity (Wildman–Crippen MR) is 70.9 cm³/mol. The third-order valence-electron chi connectivity index (χ3n) is 2.50. The van der Waals surface area contributed by atoms with E-state index in [1.165, 1.54) is 5.56 Å². The maximum atomic E-state index is 8.73. The number of aliphatic hydroxyl groups is 1. The number of nitrogens with zero attached hydrogens (tertiary/aromatic N) is 4. The molecule has 0 saturated carbocycles. The second-order valence-corrected chi connectivity index (χ2v) is 5.05. The lowest BCUT2D eigenvalue weighted by Gasteiger charge is -2.04. The zero-order chi connectivity index (χ0) is 12.8. The molecule has 1 N–H and O–H groups in total. The molecule has 0 unspecified atom stereocenters. The molecular weight excluding hydrogens is 248 g/mol. The van der Waals surface area contributed by atoms with Crippen molar-refractivity contribution in [3.8, 4) is 5.69 Å². The summed E-state index contributed by atoms with van der Waals surface area (Å²) in [5, 5.41) is 21.2. The van der Waals surface area contributed by atoms with Crippen LogP contribution in [0.3, 0.4) is 0 Å². The van der Waals surface area contributed by atoms with Crippen molar-refractivity contribution >= 4 is 11.8 Å². The second-order valence-electron chi connectivity index (χ2n) is 3.99. The molecule has 0 saturated heterocycles. The molecule has 0 spiro atoms. The van der Waals surface area contributed by atoms with Gasteiger partial charge in [-0.25, -0.2) is 0 Å². The number of rotatable bonds is 6. The minimum Gasteiger partial charge on any atom is -0.396 e. The summed E-state index contributed by atoms with van der Waals surface area (Å²) in [6.45, 7) is 2.29. The van der Waals surface area contributed by atoms with E-state index in [0.717, 1.165) is 29.4 Å². The molecule has 0 amide bonds. The first-order chi connectivity index (χ1) is 8.81. The first-order valence-corrected chi connectivity index (χ1v) is 6.89. The van der Waals surface area contributed by atoms with Gasteiger partial charge in [-0.15, -0.1) is 5.10 Å². The van der Waals surface area contributed by atoms with E-state index < -0.39 is 0 Å².